The molecule has 0 spiro atoms. The molecule has 0 heteroatoms. The van der Waals surface area contributed by atoms with Gasteiger partial charge in [-0.2, -0.15) is 0 Å². The van der Waals surface area contributed by atoms with Crippen molar-refractivity contribution in [3.63, 3.8) is 0 Å². The van der Waals surface area contributed by atoms with Crippen LogP contribution in [-0.2, 0) is 0 Å². The minimum atomic E-state index is 1.23. The smallest absolute Gasteiger partial charge is 0.00137 e. The van der Waals surface area contributed by atoms with Crippen LogP contribution in [0.5, 0.6) is 0 Å². The van der Waals surface area contributed by atoms with Gasteiger partial charge < -0.3 is 0 Å². The normalized spacial score (nSPS) is 11.9. The minimum Gasteiger partial charge on any atom is -0.0622 e. The summed E-state index contributed by atoms with van der Waals surface area (Å²) in [7, 11) is 0. The summed E-state index contributed by atoms with van der Waals surface area (Å²) in [6.45, 7) is 0. The van der Waals surface area contributed by atoms with Crippen LogP contribution in [0.25, 0.3) is 98.7 Å². The zero-order valence-electron chi connectivity index (χ0n) is 25.2. The quantitative estimate of drug-likeness (QED) is 0.182. The Morgan fingerprint density at radius 3 is 1.63 bits per heavy atom. The number of benzene rings is 9. The van der Waals surface area contributed by atoms with Crippen molar-refractivity contribution in [2.45, 2.75) is 0 Å². The van der Waals surface area contributed by atoms with Crippen LogP contribution < -0.4 is 0 Å². The molecule has 0 heterocycles. The molecule has 212 valence electrons. The number of rotatable bonds is 3. The van der Waals surface area contributed by atoms with E-state index in [-0.39, 0.29) is 0 Å². The Labute approximate surface area is 267 Å². The first-order chi connectivity index (χ1) is 22.8. The zero-order valence-corrected chi connectivity index (χ0v) is 25.2. The van der Waals surface area contributed by atoms with Crippen LogP contribution in [0.4, 0.5) is 0 Å². The molecule has 0 saturated heterocycles. The van der Waals surface area contributed by atoms with E-state index in [1.807, 2.05) is 0 Å². The summed E-state index contributed by atoms with van der Waals surface area (Å²) in [6.07, 6.45) is 0. The first kappa shape index (κ1) is 25.4. The molecule has 1 aliphatic rings. The Morgan fingerprint density at radius 2 is 0.804 bits per heavy atom. The third-order valence-electron chi connectivity index (χ3n) is 9.94. The van der Waals surface area contributed by atoms with E-state index in [0.717, 1.165) is 0 Å². The van der Waals surface area contributed by atoms with Crippen molar-refractivity contribution >= 4 is 43.1 Å². The maximum absolute atomic E-state index is 2.40. The molecule has 0 aromatic heterocycles. The Bertz CT molecular complexity index is 2680. The molecule has 9 aromatic carbocycles. The summed E-state index contributed by atoms with van der Waals surface area (Å²) >= 11 is 0. The molecule has 10 rings (SSSR count). The average molecular weight is 581 g/mol. The molecule has 0 amide bonds. The third-order valence-corrected chi connectivity index (χ3v) is 9.94. The van der Waals surface area contributed by atoms with Crippen molar-refractivity contribution in [3.8, 4) is 55.6 Å². The lowest BCUT2D eigenvalue weighted by Gasteiger charge is -2.15. The second kappa shape index (κ2) is 9.76. The molecule has 0 bridgehead atoms. The van der Waals surface area contributed by atoms with Gasteiger partial charge in [0, 0.05) is 0 Å². The van der Waals surface area contributed by atoms with Crippen LogP contribution in [0.1, 0.15) is 0 Å². The largest absolute Gasteiger partial charge is 0.0622 e. The standard InChI is InChI=1S/C46H28/c1-2-10-29(11-3-1)32-20-21-38-33(24-32)17-9-19-37(38)34-15-8-16-35(25-34)40-22-23-41-42-26-30-12-4-5-13-31(30)27-43(42)44-28-36-14-6-7-18-39(36)45(40)46(41)44/h1-28H. The summed E-state index contributed by atoms with van der Waals surface area (Å²) in [5, 5.41) is 10.4. The molecular weight excluding hydrogens is 553 g/mol. The molecule has 9 aromatic rings. The van der Waals surface area contributed by atoms with Gasteiger partial charge in [-0.1, -0.05) is 140 Å². The summed E-state index contributed by atoms with van der Waals surface area (Å²) in [6, 6.07) is 62.8. The highest BCUT2D eigenvalue weighted by Gasteiger charge is 2.25. The van der Waals surface area contributed by atoms with Gasteiger partial charge in [0.05, 0.1) is 0 Å². The highest BCUT2D eigenvalue weighted by Crippen LogP contribution is 2.52. The van der Waals surface area contributed by atoms with Crippen LogP contribution in [0, 0.1) is 0 Å². The Morgan fingerprint density at radius 1 is 0.217 bits per heavy atom. The fourth-order valence-electron chi connectivity index (χ4n) is 7.80. The van der Waals surface area contributed by atoms with E-state index in [1.165, 1.54) is 98.7 Å². The van der Waals surface area contributed by atoms with Gasteiger partial charge in [0.2, 0.25) is 0 Å². The number of hydrogen-bond donors (Lipinski definition) is 0. The Kier molecular flexibility index (Phi) is 5.38. The van der Waals surface area contributed by atoms with Gasteiger partial charge in [-0.15, -0.1) is 0 Å². The van der Waals surface area contributed by atoms with E-state index in [9.17, 15) is 0 Å². The lowest BCUT2D eigenvalue weighted by Crippen LogP contribution is -1.88. The highest BCUT2D eigenvalue weighted by molar-refractivity contribution is 6.28. The Hall–Kier alpha value is -5.98. The fourth-order valence-corrected chi connectivity index (χ4v) is 7.80. The van der Waals surface area contributed by atoms with Crippen molar-refractivity contribution in [2.75, 3.05) is 0 Å². The molecule has 0 N–H and O–H groups in total. The van der Waals surface area contributed by atoms with Gasteiger partial charge in [-0.05, 0) is 129 Å². The minimum absolute atomic E-state index is 1.23. The topological polar surface area (TPSA) is 0 Å². The molecule has 1 aliphatic carbocycles. The van der Waals surface area contributed by atoms with Crippen molar-refractivity contribution in [2.24, 2.45) is 0 Å². The van der Waals surface area contributed by atoms with E-state index < -0.39 is 0 Å². The van der Waals surface area contributed by atoms with Crippen molar-refractivity contribution in [1.29, 1.82) is 0 Å². The SMILES string of the molecule is c1ccc(-c2ccc3c(-c4cccc(-c5ccc6c7c(cc8ccccc8c57)-c5cc7ccccc7cc5-6)c4)cccc3c2)cc1. The van der Waals surface area contributed by atoms with E-state index in [2.05, 4.69) is 170 Å². The summed E-state index contributed by atoms with van der Waals surface area (Å²) in [4.78, 5) is 0. The maximum Gasteiger partial charge on any atom is -0.00137 e. The van der Waals surface area contributed by atoms with Crippen LogP contribution in [-0.4, -0.2) is 0 Å². The van der Waals surface area contributed by atoms with E-state index in [4.69, 9.17) is 0 Å². The van der Waals surface area contributed by atoms with E-state index in [0.29, 0.717) is 0 Å². The summed E-state index contributed by atoms with van der Waals surface area (Å²) in [5.74, 6) is 0. The van der Waals surface area contributed by atoms with E-state index in [1.54, 1.807) is 0 Å². The molecular formula is C46H28. The van der Waals surface area contributed by atoms with Gasteiger partial charge in [0.25, 0.3) is 0 Å². The van der Waals surface area contributed by atoms with Gasteiger partial charge in [0.1, 0.15) is 0 Å². The molecule has 0 aliphatic heterocycles. The fraction of sp³-hybridized carbons (Fsp3) is 0. The maximum atomic E-state index is 2.40. The van der Waals surface area contributed by atoms with Crippen molar-refractivity contribution in [3.05, 3.63) is 170 Å². The molecule has 0 saturated carbocycles. The third kappa shape index (κ3) is 3.74. The van der Waals surface area contributed by atoms with Crippen molar-refractivity contribution < 1.29 is 0 Å². The number of hydrogen-bond acceptors (Lipinski definition) is 0. The highest BCUT2D eigenvalue weighted by atomic mass is 14.3. The predicted octanol–water partition coefficient (Wildman–Crippen LogP) is 12.9. The van der Waals surface area contributed by atoms with Crippen LogP contribution in [0.15, 0.2) is 170 Å². The van der Waals surface area contributed by atoms with Gasteiger partial charge >= 0.3 is 0 Å². The molecule has 0 fully saturated rings. The molecule has 46 heavy (non-hydrogen) atoms. The van der Waals surface area contributed by atoms with Gasteiger partial charge in [-0.25, -0.2) is 0 Å². The van der Waals surface area contributed by atoms with Crippen LogP contribution >= 0.6 is 0 Å². The first-order valence-electron chi connectivity index (χ1n) is 16.0. The molecule has 0 nitrogen and oxygen atoms in total. The second-order valence-corrected chi connectivity index (χ2v) is 12.5. The first-order valence-corrected chi connectivity index (χ1v) is 16.0. The van der Waals surface area contributed by atoms with E-state index >= 15 is 0 Å². The van der Waals surface area contributed by atoms with Gasteiger partial charge in [0.15, 0.2) is 0 Å². The van der Waals surface area contributed by atoms with Gasteiger partial charge in [-0.3, -0.25) is 0 Å². The average Bonchev–Trinajstić information content (AvgIpc) is 3.43. The molecule has 0 atom stereocenters. The van der Waals surface area contributed by atoms with Crippen LogP contribution in [0.3, 0.4) is 0 Å². The Balaban J connectivity index is 1.18. The van der Waals surface area contributed by atoms with Crippen molar-refractivity contribution in [1.82, 2.24) is 0 Å². The summed E-state index contributed by atoms with van der Waals surface area (Å²) < 4.78 is 0. The molecule has 0 unspecified atom stereocenters. The van der Waals surface area contributed by atoms with Crippen LogP contribution in [0.2, 0.25) is 0 Å². The second-order valence-electron chi connectivity index (χ2n) is 12.5. The predicted molar refractivity (Wildman–Crippen MR) is 197 cm³/mol. The lowest BCUT2D eigenvalue weighted by atomic mass is 9.88. The lowest BCUT2D eigenvalue weighted by molar-refractivity contribution is 1.62. The monoisotopic (exact) mass is 580 g/mol. The summed E-state index contributed by atoms with van der Waals surface area (Å²) in [5.41, 5.74) is 12.8. The zero-order chi connectivity index (χ0) is 30.2. The molecule has 0 radical (unpaired) electrons. The number of fused-ring (bicyclic) bond motifs is 7.